The molecule has 0 saturated heterocycles. The van der Waals surface area contributed by atoms with Crippen LogP contribution in [0.3, 0.4) is 0 Å². The van der Waals surface area contributed by atoms with Crippen molar-refractivity contribution in [2.24, 2.45) is 0 Å². The van der Waals surface area contributed by atoms with Gasteiger partial charge in [-0.05, 0) is 31.1 Å². The molecule has 0 aliphatic carbocycles. The van der Waals surface area contributed by atoms with E-state index in [-0.39, 0.29) is 5.91 Å². The van der Waals surface area contributed by atoms with Crippen molar-refractivity contribution in [1.82, 2.24) is 5.32 Å². The molecule has 1 amide bonds. The van der Waals surface area contributed by atoms with Crippen LogP contribution in [0.25, 0.3) is 6.08 Å². The number of ether oxygens (including phenoxy) is 1. The molecule has 0 spiro atoms. The maximum atomic E-state index is 11.9. The summed E-state index contributed by atoms with van der Waals surface area (Å²) in [6.45, 7) is 5.31. The molecule has 0 heterocycles. The van der Waals surface area contributed by atoms with Crippen molar-refractivity contribution >= 4 is 12.0 Å². The number of hydrogen-bond donors (Lipinski definition) is 1. The van der Waals surface area contributed by atoms with Crippen LogP contribution >= 0.6 is 0 Å². The largest absolute Gasteiger partial charge is 0.493 e. The summed E-state index contributed by atoms with van der Waals surface area (Å²) in [7, 11) is 0. The van der Waals surface area contributed by atoms with E-state index in [0.29, 0.717) is 13.2 Å². The highest BCUT2D eigenvalue weighted by Gasteiger charge is 2.01. The van der Waals surface area contributed by atoms with Gasteiger partial charge in [0.15, 0.2) is 0 Å². The van der Waals surface area contributed by atoms with Gasteiger partial charge < -0.3 is 10.1 Å². The zero-order valence-electron chi connectivity index (χ0n) is 13.7. The molecule has 23 heavy (non-hydrogen) atoms. The van der Waals surface area contributed by atoms with Gasteiger partial charge in [-0.15, -0.1) is 0 Å². The van der Waals surface area contributed by atoms with Crippen LogP contribution in [-0.2, 0) is 11.3 Å². The van der Waals surface area contributed by atoms with E-state index >= 15 is 0 Å². The van der Waals surface area contributed by atoms with E-state index in [9.17, 15) is 4.79 Å². The van der Waals surface area contributed by atoms with Crippen molar-refractivity contribution in [1.29, 1.82) is 0 Å². The number of amides is 1. The minimum atomic E-state index is -0.115. The first-order valence-corrected chi connectivity index (χ1v) is 7.92. The number of aryl methyl sites for hydroxylation is 1. The maximum Gasteiger partial charge on any atom is 0.244 e. The van der Waals surface area contributed by atoms with E-state index in [1.165, 1.54) is 5.56 Å². The third-order valence-electron chi connectivity index (χ3n) is 3.38. The summed E-state index contributed by atoms with van der Waals surface area (Å²) in [5.74, 6) is 0.688. The van der Waals surface area contributed by atoms with Crippen LogP contribution in [0.5, 0.6) is 5.75 Å². The molecule has 0 aliphatic rings. The molecule has 0 saturated carbocycles. The first-order valence-electron chi connectivity index (χ1n) is 7.92. The Morgan fingerprint density at radius 2 is 1.87 bits per heavy atom. The Morgan fingerprint density at radius 3 is 2.61 bits per heavy atom. The molecule has 0 atom stereocenters. The van der Waals surface area contributed by atoms with Gasteiger partial charge in [0.25, 0.3) is 0 Å². The fraction of sp³-hybridized carbons (Fsp3) is 0.250. The second-order valence-electron chi connectivity index (χ2n) is 5.42. The van der Waals surface area contributed by atoms with Crippen LogP contribution in [0.15, 0.2) is 54.6 Å². The highest BCUT2D eigenvalue weighted by atomic mass is 16.5. The highest BCUT2D eigenvalue weighted by Crippen LogP contribution is 2.19. The first kappa shape index (κ1) is 16.8. The van der Waals surface area contributed by atoms with E-state index in [1.54, 1.807) is 12.2 Å². The summed E-state index contributed by atoms with van der Waals surface area (Å²) in [4.78, 5) is 11.9. The van der Waals surface area contributed by atoms with E-state index < -0.39 is 0 Å². The molecule has 3 heteroatoms. The van der Waals surface area contributed by atoms with Crippen molar-refractivity contribution in [2.45, 2.75) is 26.8 Å². The number of nitrogens with one attached hydrogen (secondary N) is 1. The quantitative estimate of drug-likeness (QED) is 0.782. The second-order valence-corrected chi connectivity index (χ2v) is 5.42. The van der Waals surface area contributed by atoms with E-state index in [0.717, 1.165) is 23.3 Å². The predicted molar refractivity (Wildman–Crippen MR) is 94.3 cm³/mol. The lowest BCUT2D eigenvalue weighted by molar-refractivity contribution is -0.116. The minimum absolute atomic E-state index is 0.115. The van der Waals surface area contributed by atoms with Gasteiger partial charge in [0.05, 0.1) is 6.61 Å². The van der Waals surface area contributed by atoms with Gasteiger partial charge in [0.2, 0.25) is 5.91 Å². The van der Waals surface area contributed by atoms with Gasteiger partial charge in [-0.2, -0.15) is 0 Å². The topological polar surface area (TPSA) is 38.3 Å². The standard InChI is InChI=1S/C20H23NO2/c1-3-14-23-19-7-5-4-6-18(19)12-13-20(22)21-15-17-10-8-16(2)9-11-17/h4-13H,3,14-15H2,1-2H3,(H,21,22)/b13-12+. The van der Waals surface area contributed by atoms with E-state index in [4.69, 9.17) is 4.74 Å². The van der Waals surface area contributed by atoms with Crippen molar-refractivity contribution in [3.63, 3.8) is 0 Å². The molecule has 0 fully saturated rings. The fourth-order valence-electron chi connectivity index (χ4n) is 2.08. The fourth-order valence-corrected chi connectivity index (χ4v) is 2.08. The normalized spacial score (nSPS) is 10.7. The van der Waals surface area contributed by atoms with Crippen LogP contribution in [0.4, 0.5) is 0 Å². The Hall–Kier alpha value is -2.55. The van der Waals surface area contributed by atoms with Gasteiger partial charge in [-0.3, -0.25) is 4.79 Å². The molecule has 2 aromatic rings. The minimum Gasteiger partial charge on any atom is -0.493 e. The van der Waals surface area contributed by atoms with Crippen LogP contribution < -0.4 is 10.1 Å². The average Bonchev–Trinajstić information content (AvgIpc) is 2.58. The molecule has 2 rings (SSSR count). The Bertz CT molecular complexity index is 660. The molecule has 0 aliphatic heterocycles. The third-order valence-corrected chi connectivity index (χ3v) is 3.38. The van der Waals surface area contributed by atoms with Crippen molar-refractivity contribution in [3.8, 4) is 5.75 Å². The SMILES string of the molecule is CCCOc1ccccc1/C=C/C(=O)NCc1ccc(C)cc1. The molecule has 0 bridgehead atoms. The summed E-state index contributed by atoms with van der Waals surface area (Å²) >= 11 is 0. The number of carbonyl (C=O) groups excluding carboxylic acids is 1. The zero-order chi connectivity index (χ0) is 16.5. The smallest absolute Gasteiger partial charge is 0.244 e. The van der Waals surface area contributed by atoms with Gasteiger partial charge in [-0.25, -0.2) is 0 Å². The molecule has 0 radical (unpaired) electrons. The van der Waals surface area contributed by atoms with Crippen LogP contribution in [0.1, 0.15) is 30.0 Å². The summed E-state index contributed by atoms with van der Waals surface area (Å²) in [6.07, 6.45) is 4.28. The Morgan fingerprint density at radius 1 is 1.13 bits per heavy atom. The predicted octanol–water partition coefficient (Wildman–Crippen LogP) is 4.11. The van der Waals surface area contributed by atoms with Crippen molar-refractivity contribution < 1.29 is 9.53 Å². The molecule has 3 nitrogen and oxygen atoms in total. The molecule has 2 aromatic carbocycles. The highest BCUT2D eigenvalue weighted by molar-refractivity contribution is 5.92. The number of hydrogen-bond acceptors (Lipinski definition) is 2. The lowest BCUT2D eigenvalue weighted by atomic mass is 10.1. The van der Waals surface area contributed by atoms with Crippen LogP contribution in [0.2, 0.25) is 0 Å². The molecule has 0 unspecified atom stereocenters. The lowest BCUT2D eigenvalue weighted by Gasteiger charge is -2.07. The molecule has 1 N–H and O–H groups in total. The van der Waals surface area contributed by atoms with Crippen LogP contribution in [0, 0.1) is 6.92 Å². The molecule has 120 valence electrons. The number of benzene rings is 2. The third kappa shape index (κ3) is 5.62. The van der Waals surface area contributed by atoms with Gasteiger partial charge in [-0.1, -0.05) is 55.0 Å². The summed E-state index contributed by atoms with van der Waals surface area (Å²) in [6, 6.07) is 15.8. The summed E-state index contributed by atoms with van der Waals surface area (Å²) in [5.41, 5.74) is 3.21. The van der Waals surface area contributed by atoms with Gasteiger partial charge in [0, 0.05) is 18.2 Å². The van der Waals surface area contributed by atoms with Crippen molar-refractivity contribution in [2.75, 3.05) is 6.61 Å². The van der Waals surface area contributed by atoms with Gasteiger partial charge >= 0.3 is 0 Å². The van der Waals surface area contributed by atoms with E-state index in [1.807, 2.05) is 55.5 Å². The number of carbonyl (C=O) groups is 1. The molecule has 0 aromatic heterocycles. The van der Waals surface area contributed by atoms with Crippen LogP contribution in [-0.4, -0.2) is 12.5 Å². The Labute approximate surface area is 138 Å². The molecular formula is C20H23NO2. The Kier molecular flexibility index (Phi) is 6.42. The average molecular weight is 309 g/mol. The summed E-state index contributed by atoms with van der Waals surface area (Å²) in [5, 5.41) is 2.88. The zero-order valence-corrected chi connectivity index (χ0v) is 13.7. The number of para-hydroxylation sites is 1. The maximum absolute atomic E-state index is 11.9. The van der Waals surface area contributed by atoms with Gasteiger partial charge in [0.1, 0.15) is 5.75 Å². The molecular weight excluding hydrogens is 286 g/mol. The lowest BCUT2D eigenvalue weighted by Crippen LogP contribution is -2.20. The van der Waals surface area contributed by atoms with E-state index in [2.05, 4.69) is 12.2 Å². The first-order chi connectivity index (χ1) is 11.2. The van der Waals surface area contributed by atoms with Crippen molar-refractivity contribution in [3.05, 3.63) is 71.3 Å². The second kappa shape index (κ2) is 8.79. The Balaban J connectivity index is 1.91. The summed E-state index contributed by atoms with van der Waals surface area (Å²) < 4.78 is 5.68. The monoisotopic (exact) mass is 309 g/mol. The number of rotatable bonds is 7.